The van der Waals surface area contributed by atoms with Gasteiger partial charge in [-0.1, -0.05) is 19.4 Å². The largest absolute Gasteiger partial charge is 0.398 e. The number of halogens is 1. The second-order valence-electron chi connectivity index (χ2n) is 3.87. The lowest BCUT2D eigenvalue weighted by Gasteiger charge is -2.14. The number of hydrogen-bond donors (Lipinski definition) is 2. The van der Waals surface area contributed by atoms with Crippen LogP contribution in [-0.4, -0.2) is 11.9 Å². The van der Waals surface area contributed by atoms with E-state index < -0.39 is 0 Å². The van der Waals surface area contributed by atoms with Crippen molar-refractivity contribution in [1.29, 1.82) is 0 Å². The standard InChI is InChI=1S/C12H17BrN2O/c1-3-5-8(2)15-12(16)9-6-4-7-10(14)11(9)13/h4,6-8H,3,5,14H2,1-2H3,(H,15,16). The number of nitrogens with two attached hydrogens (primary N) is 1. The van der Waals surface area contributed by atoms with Crippen molar-refractivity contribution in [3.63, 3.8) is 0 Å². The molecule has 0 saturated heterocycles. The molecule has 0 spiro atoms. The molecule has 1 atom stereocenters. The van der Waals surface area contributed by atoms with E-state index in [-0.39, 0.29) is 11.9 Å². The molecule has 0 aromatic heterocycles. The van der Waals surface area contributed by atoms with E-state index in [1.54, 1.807) is 18.2 Å². The van der Waals surface area contributed by atoms with Gasteiger partial charge in [-0.3, -0.25) is 4.79 Å². The summed E-state index contributed by atoms with van der Waals surface area (Å²) in [4.78, 5) is 11.9. The van der Waals surface area contributed by atoms with E-state index in [4.69, 9.17) is 5.73 Å². The highest BCUT2D eigenvalue weighted by Crippen LogP contribution is 2.23. The van der Waals surface area contributed by atoms with Gasteiger partial charge >= 0.3 is 0 Å². The summed E-state index contributed by atoms with van der Waals surface area (Å²) in [7, 11) is 0. The topological polar surface area (TPSA) is 55.1 Å². The average molecular weight is 285 g/mol. The van der Waals surface area contributed by atoms with Crippen LogP contribution in [0.15, 0.2) is 22.7 Å². The maximum atomic E-state index is 11.9. The minimum Gasteiger partial charge on any atom is -0.398 e. The fourth-order valence-corrected chi connectivity index (χ4v) is 1.98. The van der Waals surface area contributed by atoms with E-state index in [0.717, 1.165) is 12.8 Å². The molecule has 0 aliphatic carbocycles. The summed E-state index contributed by atoms with van der Waals surface area (Å²) in [5.41, 5.74) is 6.89. The SMILES string of the molecule is CCCC(C)NC(=O)c1cccc(N)c1Br. The quantitative estimate of drug-likeness (QED) is 0.836. The summed E-state index contributed by atoms with van der Waals surface area (Å²) in [6.45, 7) is 4.10. The van der Waals surface area contributed by atoms with Gasteiger partial charge in [0.2, 0.25) is 0 Å². The van der Waals surface area contributed by atoms with Gasteiger partial charge in [-0.25, -0.2) is 0 Å². The van der Waals surface area contributed by atoms with Crippen molar-refractivity contribution in [3.05, 3.63) is 28.2 Å². The Morgan fingerprint density at radius 1 is 1.56 bits per heavy atom. The highest BCUT2D eigenvalue weighted by atomic mass is 79.9. The zero-order chi connectivity index (χ0) is 12.1. The van der Waals surface area contributed by atoms with Crippen LogP contribution in [0.4, 0.5) is 5.69 Å². The molecule has 0 saturated carbocycles. The van der Waals surface area contributed by atoms with E-state index >= 15 is 0 Å². The molecule has 16 heavy (non-hydrogen) atoms. The third kappa shape index (κ3) is 3.23. The number of amides is 1. The van der Waals surface area contributed by atoms with E-state index in [0.29, 0.717) is 15.7 Å². The number of benzene rings is 1. The summed E-state index contributed by atoms with van der Waals surface area (Å²) in [6.07, 6.45) is 2.03. The van der Waals surface area contributed by atoms with Crippen molar-refractivity contribution in [1.82, 2.24) is 5.32 Å². The minimum absolute atomic E-state index is 0.0832. The van der Waals surface area contributed by atoms with Crippen molar-refractivity contribution in [2.45, 2.75) is 32.7 Å². The predicted molar refractivity (Wildman–Crippen MR) is 70.4 cm³/mol. The first-order valence-electron chi connectivity index (χ1n) is 5.41. The van der Waals surface area contributed by atoms with E-state index in [2.05, 4.69) is 28.2 Å². The lowest BCUT2D eigenvalue weighted by molar-refractivity contribution is 0.0937. The first-order chi connectivity index (χ1) is 7.56. The van der Waals surface area contributed by atoms with Crippen molar-refractivity contribution < 1.29 is 4.79 Å². The zero-order valence-corrected chi connectivity index (χ0v) is 11.2. The first-order valence-corrected chi connectivity index (χ1v) is 6.20. The van der Waals surface area contributed by atoms with Gasteiger partial charge < -0.3 is 11.1 Å². The Balaban J connectivity index is 2.77. The molecule has 1 aromatic carbocycles. The molecular weight excluding hydrogens is 268 g/mol. The molecular formula is C12H17BrN2O. The van der Waals surface area contributed by atoms with Crippen LogP contribution < -0.4 is 11.1 Å². The Morgan fingerprint density at radius 3 is 2.88 bits per heavy atom. The van der Waals surface area contributed by atoms with Gasteiger partial charge in [0.05, 0.1) is 10.0 Å². The van der Waals surface area contributed by atoms with Crippen molar-refractivity contribution in [2.24, 2.45) is 0 Å². The van der Waals surface area contributed by atoms with Crippen LogP contribution in [0.2, 0.25) is 0 Å². The Morgan fingerprint density at radius 2 is 2.25 bits per heavy atom. The molecule has 88 valence electrons. The summed E-state index contributed by atoms with van der Waals surface area (Å²) in [6, 6.07) is 5.48. The number of nitrogen functional groups attached to an aromatic ring is 1. The van der Waals surface area contributed by atoms with Crippen LogP contribution in [0, 0.1) is 0 Å². The molecule has 1 aromatic rings. The second-order valence-corrected chi connectivity index (χ2v) is 4.66. The second kappa shape index (κ2) is 5.89. The van der Waals surface area contributed by atoms with Gasteiger partial charge in [-0.15, -0.1) is 0 Å². The molecule has 0 radical (unpaired) electrons. The van der Waals surface area contributed by atoms with Crippen LogP contribution in [0.25, 0.3) is 0 Å². The van der Waals surface area contributed by atoms with Crippen molar-refractivity contribution in [2.75, 3.05) is 5.73 Å². The molecule has 1 unspecified atom stereocenters. The number of carbonyl (C=O) groups is 1. The van der Waals surface area contributed by atoms with E-state index in [1.165, 1.54) is 0 Å². The number of carbonyl (C=O) groups excluding carboxylic acids is 1. The maximum absolute atomic E-state index is 11.9. The fraction of sp³-hybridized carbons (Fsp3) is 0.417. The van der Waals surface area contributed by atoms with Crippen LogP contribution in [-0.2, 0) is 0 Å². The lowest BCUT2D eigenvalue weighted by atomic mass is 10.1. The summed E-state index contributed by atoms with van der Waals surface area (Å²) < 4.78 is 0.663. The predicted octanol–water partition coefficient (Wildman–Crippen LogP) is 2.95. The monoisotopic (exact) mass is 284 g/mol. The van der Waals surface area contributed by atoms with Gasteiger partial charge in [0, 0.05) is 11.7 Å². The molecule has 4 heteroatoms. The fourth-order valence-electron chi connectivity index (χ4n) is 1.53. The van der Waals surface area contributed by atoms with Crippen LogP contribution in [0.1, 0.15) is 37.0 Å². The van der Waals surface area contributed by atoms with Crippen LogP contribution in [0.3, 0.4) is 0 Å². The number of anilines is 1. The molecule has 3 N–H and O–H groups in total. The molecule has 0 fully saturated rings. The molecule has 0 aliphatic rings. The highest BCUT2D eigenvalue weighted by molar-refractivity contribution is 9.10. The molecule has 3 nitrogen and oxygen atoms in total. The molecule has 1 rings (SSSR count). The Kier molecular flexibility index (Phi) is 4.80. The van der Waals surface area contributed by atoms with E-state index in [1.807, 2.05) is 6.92 Å². The normalized spacial score (nSPS) is 12.2. The molecule has 0 bridgehead atoms. The van der Waals surface area contributed by atoms with Gasteiger partial charge in [0.1, 0.15) is 0 Å². The minimum atomic E-state index is -0.0832. The highest BCUT2D eigenvalue weighted by Gasteiger charge is 2.13. The summed E-state index contributed by atoms with van der Waals surface area (Å²) in [5.74, 6) is -0.0832. The van der Waals surface area contributed by atoms with Crippen LogP contribution in [0.5, 0.6) is 0 Å². The van der Waals surface area contributed by atoms with Crippen molar-refractivity contribution >= 4 is 27.5 Å². The third-order valence-electron chi connectivity index (χ3n) is 2.37. The number of hydrogen-bond acceptors (Lipinski definition) is 2. The van der Waals surface area contributed by atoms with Crippen molar-refractivity contribution in [3.8, 4) is 0 Å². The Hall–Kier alpha value is -1.03. The van der Waals surface area contributed by atoms with Crippen LogP contribution >= 0.6 is 15.9 Å². The van der Waals surface area contributed by atoms with E-state index in [9.17, 15) is 4.79 Å². The number of rotatable bonds is 4. The summed E-state index contributed by atoms with van der Waals surface area (Å²) >= 11 is 3.32. The van der Waals surface area contributed by atoms with Gasteiger partial charge in [0.15, 0.2) is 0 Å². The maximum Gasteiger partial charge on any atom is 0.252 e. The Bertz CT molecular complexity index is 379. The third-order valence-corrected chi connectivity index (χ3v) is 3.26. The lowest BCUT2D eigenvalue weighted by Crippen LogP contribution is -2.32. The average Bonchev–Trinajstić information content (AvgIpc) is 2.22. The number of nitrogens with one attached hydrogen (secondary N) is 1. The smallest absolute Gasteiger partial charge is 0.252 e. The Labute approximate surface area is 105 Å². The first kappa shape index (κ1) is 13.0. The van der Waals surface area contributed by atoms with Gasteiger partial charge in [-0.05, 0) is 41.4 Å². The molecule has 1 amide bonds. The zero-order valence-electron chi connectivity index (χ0n) is 9.59. The van der Waals surface area contributed by atoms with Gasteiger partial charge in [-0.2, -0.15) is 0 Å². The van der Waals surface area contributed by atoms with Gasteiger partial charge in [0.25, 0.3) is 5.91 Å². The molecule has 0 heterocycles. The molecule has 0 aliphatic heterocycles. The summed E-state index contributed by atoms with van der Waals surface area (Å²) in [5, 5.41) is 2.94.